The number of hydrogen-bond donors (Lipinski definition) is 2. The molecule has 0 radical (unpaired) electrons. The number of epoxide rings is 1. The molecule has 5 nitrogen and oxygen atoms in total. The van der Waals surface area contributed by atoms with Crippen LogP contribution in [-0.2, 0) is 4.74 Å². The monoisotopic (exact) mass is 256 g/mol. The minimum atomic E-state index is 0.401. The molecule has 1 saturated heterocycles. The largest absolute Gasteiger partial charge is 0.372 e. The van der Waals surface area contributed by atoms with Crippen molar-refractivity contribution in [1.29, 1.82) is 0 Å². The number of nitrogens with one attached hydrogen (secondary N) is 1. The summed E-state index contributed by atoms with van der Waals surface area (Å²) in [6.07, 6.45) is 8.19. The van der Waals surface area contributed by atoms with Crippen LogP contribution in [0.4, 0.5) is 0 Å². The van der Waals surface area contributed by atoms with Crippen LogP contribution in [-0.4, -0.2) is 36.0 Å². The molecule has 1 aliphatic heterocycles. The van der Waals surface area contributed by atoms with Crippen LogP contribution in [0.1, 0.15) is 32.1 Å². The van der Waals surface area contributed by atoms with Gasteiger partial charge in [-0.1, -0.05) is 31.0 Å². The van der Waals surface area contributed by atoms with Crippen LogP contribution in [0.15, 0.2) is 9.98 Å². The third-order valence-electron chi connectivity index (χ3n) is 2.92. The van der Waals surface area contributed by atoms with Crippen LogP contribution in [0.25, 0.3) is 0 Å². The predicted octanol–water partition coefficient (Wildman–Crippen LogP) is 1.30. The first-order valence-corrected chi connectivity index (χ1v) is 7.18. The number of hydrazine groups is 1. The van der Waals surface area contributed by atoms with E-state index in [2.05, 4.69) is 10.4 Å². The van der Waals surface area contributed by atoms with Gasteiger partial charge in [0.05, 0.1) is 18.8 Å². The van der Waals surface area contributed by atoms with Crippen molar-refractivity contribution in [2.24, 2.45) is 15.8 Å². The van der Waals surface area contributed by atoms with Crippen molar-refractivity contribution in [2.75, 3.05) is 12.4 Å². The fourth-order valence-corrected chi connectivity index (χ4v) is 2.78. The van der Waals surface area contributed by atoms with Crippen LogP contribution in [0, 0.1) is 0 Å². The topological polar surface area (TPSA) is 75.3 Å². The Balaban J connectivity index is 1.86. The quantitative estimate of drug-likeness (QED) is 0.261. The van der Waals surface area contributed by atoms with E-state index in [1.807, 2.05) is 0 Å². The SMILES string of the molecule is NN/C=N/C(=NC1CCCCC1)SCC1CO1. The number of hydrogen-bond acceptors (Lipinski definition) is 4. The second-order valence-corrected chi connectivity index (χ2v) is 5.38. The number of rotatable bonds is 4. The van der Waals surface area contributed by atoms with E-state index in [1.54, 1.807) is 11.8 Å². The molecule has 0 amide bonds. The van der Waals surface area contributed by atoms with E-state index in [0.29, 0.717) is 12.1 Å². The molecule has 0 bridgehead atoms. The highest BCUT2D eigenvalue weighted by molar-refractivity contribution is 8.13. The minimum absolute atomic E-state index is 0.401. The zero-order valence-electron chi connectivity index (χ0n) is 9.97. The molecule has 3 N–H and O–H groups in total. The summed E-state index contributed by atoms with van der Waals surface area (Å²) >= 11 is 1.66. The molecule has 96 valence electrons. The average molecular weight is 256 g/mol. The second-order valence-electron chi connectivity index (χ2n) is 4.39. The summed E-state index contributed by atoms with van der Waals surface area (Å²) in [4.78, 5) is 8.94. The van der Waals surface area contributed by atoms with Gasteiger partial charge in [-0.05, 0) is 12.8 Å². The van der Waals surface area contributed by atoms with Crippen LogP contribution in [0.5, 0.6) is 0 Å². The van der Waals surface area contributed by atoms with Crippen molar-refractivity contribution in [3.05, 3.63) is 0 Å². The molecule has 17 heavy (non-hydrogen) atoms. The van der Waals surface area contributed by atoms with E-state index < -0.39 is 0 Å². The molecular formula is C11H20N4OS. The Bertz CT molecular complexity index is 285. The first kappa shape index (κ1) is 12.9. The summed E-state index contributed by atoms with van der Waals surface area (Å²) in [6.45, 7) is 0.878. The van der Waals surface area contributed by atoms with Crippen molar-refractivity contribution < 1.29 is 4.74 Å². The van der Waals surface area contributed by atoms with Gasteiger partial charge < -0.3 is 10.2 Å². The molecule has 2 rings (SSSR count). The molecule has 2 aliphatic rings. The zero-order valence-corrected chi connectivity index (χ0v) is 10.8. The average Bonchev–Trinajstić information content (AvgIpc) is 3.18. The first-order chi connectivity index (χ1) is 8.38. The van der Waals surface area contributed by atoms with Crippen LogP contribution >= 0.6 is 11.8 Å². The summed E-state index contributed by atoms with van der Waals surface area (Å²) < 4.78 is 5.19. The minimum Gasteiger partial charge on any atom is -0.372 e. The van der Waals surface area contributed by atoms with E-state index in [0.717, 1.165) is 17.5 Å². The molecule has 2 fully saturated rings. The lowest BCUT2D eigenvalue weighted by Gasteiger charge is -2.17. The fourth-order valence-electron chi connectivity index (χ4n) is 1.90. The van der Waals surface area contributed by atoms with Crippen LogP contribution in [0.2, 0.25) is 0 Å². The van der Waals surface area contributed by atoms with Gasteiger partial charge in [0.15, 0.2) is 5.17 Å². The molecule has 0 aromatic heterocycles. The summed E-state index contributed by atoms with van der Waals surface area (Å²) in [5, 5.41) is 0.824. The molecule has 6 heteroatoms. The number of aliphatic imine (C=N–C) groups is 2. The smallest absolute Gasteiger partial charge is 0.184 e. The van der Waals surface area contributed by atoms with Gasteiger partial charge in [0.1, 0.15) is 6.34 Å². The van der Waals surface area contributed by atoms with Gasteiger partial charge in [-0.3, -0.25) is 4.99 Å². The lowest BCUT2D eigenvalue weighted by molar-refractivity contribution is 0.426. The molecule has 0 spiro atoms. The van der Waals surface area contributed by atoms with Crippen LogP contribution in [0.3, 0.4) is 0 Å². The van der Waals surface area contributed by atoms with Crippen molar-refractivity contribution in [1.82, 2.24) is 5.43 Å². The Morgan fingerprint density at radius 3 is 2.82 bits per heavy atom. The standard InChI is InChI=1S/C11H20N4OS/c12-14-8-13-11(17-7-10-6-16-10)15-9-4-2-1-3-5-9/h8-10H,1-7,12H2,(H,13,14,15). The maximum Gasteiger partial charge on any atom is 0.184 e. The van der Waals surface area contributed by atoms with Gasteiger partial charge in [-0.25, -0.2) is 10.8 Å². The highest BCUT2D eigenvalue weighted by Gasteiger charge is 2.23. The molecule has 1 aliphatic carbocycles. The molecule has 1 unspecified atom stereocenters. The van der Waals surface area contributed by atoms with Gasteiger partial charge in [0.25, 0.3) is 0 Å². The van der Waals surface area contributed by atoms with Crippen molar-refractivity contribution in [3.63, 3.8) is 0 Å². The molecular weight excluding hydrogens is 236 g/mol. The second kappa shape index (κ2) is 6.98. The normalized spacial score (nSPS) is 26.4. The molecule has 0 aromatic carbocycles. The van der Waals surface area contributed by atoms with Gasteiger partial charge in [-0.15, -0.1) is 0 Å². The van der Waals surface area contributed by atoms with E-state index in [1.165, 1.54) is 38.4 Å². The van der Waals surface area contributed by atoms with Gasteiger partial charge in [0.2, 0.25) is 0 Å². The molecule has 0 aromatic rings. The first-order valence-electron chi connectivity index (χ1n) is 6.19. The Morgan fingerprint density at radius 2 is 2.18 bits per heavy atom. The lowest BCUT2D eigenvalue weighted by atomic mass is 9.96. The predicted molar refractivity (Wildman–Crippen MR) is 72.3 cm³/mol. The molecule has 1 atom stereocenters. The van der Waals surface area contributed by atoms with Crippen LogP contribution < -0.4 is 11.3 Å². The van der Waals surface area contributed by atoms with E-state index in [9.17, 15) is 0 Å². The summed E-state index contributed by atoms with van der Waals surface area (Å²) in [5.41, 5.74) is 2.42. The maximum atomic E-state index is 5.19. The van der Waals surface area contributed by atoms with Crippen molar-refractivity contribution in [2.45, 2.75) is 44.2 Å². The van der Waals surface area contributed by atoms with Gasteiger partial charge in [-0.2, -0.15) is 0 Å². The van der Waals surface area contributed by atoms with Crippen molar-refractivity contribution in [3.8, 4) is 0 Å². The van der Waals surface area contributed by atoms with E-state index >= 15 is 0 Å². The Morgan fingerprint density at radius 1 is 1.41 bits per heavy atom. The number of nitrogens with two attached hydrogens (primary N) is 1. The van der Waals surface area contributed by atoms with Gasteiger partial charge >= 0.3 is 0 Å². The number of thioether (sulfide) groups is 1. The van der Waals surface area contributed by atoms with E-state index in [4.69, 9.17) is 15.6 Å². The Hall–Kier alpha value is -0.590. The van der Waals surface area contributed by atoms with Gasteiger partial charge in [0, 0.05) is 5.75 Å². The van der Waals surface area contributed by atoms with Crippen molar-refractivity contribution >= 4 is 23.3 Å². The zero-order chi connectivity index (χ0) is 11.9. The number of amidine groups is 1. The number of ether oxygens (including phenoxy) is 1. The fraction of sp³-hybridized carbons (Fsp3) is 0.818. The summed E-state index contributed by atoms with van der Waals surface area (Å²) in [5.74, 6) is 6.13. The third kappa shape index (κ3) is 5.06. The Kier molecular flexibility index (Phi) is 5.28. The highest BCUT2D eigenvalue weighted by Crippen LogP contribution is 2.23. The maximum absolute atomic E-state index is 5.19. The molecule has 1 heterocycles. The third-order valence-corrected chi connectivity index (χ3v) is 3.93. The van der Waals surface area contributed by atoms with E-state index in [-0.39, 0.29) is 0 Å². The summed E-state index contributed by atoms with van der Waals surface area (Å²) in [7, 11) is 0. The number of nitrogens with zero attached hydrogens (tertiary/aromatic N) is 2. The summed E-state index contributed by atoms with van der Waals surface area (Å²) in [6, 6.07) is 0.446. The lowest BCUT2D eigenvalue weighted by Crippen LogP contribution is -2.20. The highest BCUT2D eigenvalue weighted by atomic mass is 32.2. The molecule has 1 saturated carbocycles. The Labute approximate surface area is 106 Å².